The summed E-state index contributed by atoms with van der Waals surface area (Å²) in [4.78, 5) is 95.6. The van der Waals surface area contributed by atoms with Crippen molar-refractivity contribution in [1.82, 2.24) is 30.4 Å². The van der Waals surface area contributed by atoms with Crippen LogP contribution in [0.3, 0.4) is 0 Å². The van der Waals surface area contributed by atoms with Gasteiger partial charge in [-0.3, -0.25) is 33.3 Å². The van der Waals surface area contributed by atoms with E-state index in [2.05, 4.69) is 25.8 Å². The monoisotopic (exact) mass is 763 g/mol. The van der Waals surface area contributed by atoms with Crippen molar-refractivity contribution < 1.29 is 70.1 Å². The van der Waals surface area contributed by atoms with Crippen molar-refractivity contribution in [3.63, 3.8) is 0 Å². The van der Waals surface area contributed by atoms with Crippen LogP contribution < -0.4 is 20.9 Å². The number of ether oxygens (including phenoxy) is 6. The van der Waals surface area contributed by atoms with Gasteiger partial charge in [0, 0.05) is 45.3 Å². The molecule has 1 aliphatic heterocycles. The number of hydrogen-bond donors (Lipinski definition) is 2. The van der Waals surface area contributed by atoms with Crippen molar-refractivity contribution >= 4 is 35.7 Å². The Labute approximate surface area is 309 Å². The normalized spacial score (nSPS) is 20.6. The number of carbonyl (C=O) groups is 6. The molecular weight excluding hydrogens is 723 g/mol. The maximum atomic E-state index is 14.5. The number of aryl methyl sites for hydroxylation is 1. The highest BCUT2D eigenvalue weighted by molar-refractivity contribution is 5.95. The first-order valence-electron chi connectivity index (χ1n) is 17.3. The van der Waals surface area contributed by atoms with Gasteiger partial charge in [-0.15, -0.1) is 10.2 Å². The summed E-state index contributed by atoms with van der Waals surface area (Å²) in [5, 5.41) is 12.1. The number of esters is 4. The zero-order valence-corrected chi connectivity index (χ0v) is 29.8. The SMILES string of the molecule is [2H]C([2H])([2H])n1c(C(C)(C)NC(=O)c2nnc(C)o2)nc(C(=O)NCc2ccc(F)cc2)c(O[C@@H]2O[C@H](C(=O)OC)[C@@H](OC(C)=O)[C@H](OC(C)=O)[C@H]2OC(C)=O)c1=O. The average molecular weight is 764 g/mol. The first-order chi connectivity index (χ1) is 26.5. The van der Waals surface area contributed by atoms with E-state index in [9.17, 15) is 38.0 Å². The van der Waals surface area contributed by atoms with Crippen LogP contribution in [-0.4, -0.2) is 93.3 Å². The fourth-order valence-electron chi connectivity index (χ4n) is 5.13. The molecule has 0 aliphatic carbocycles. The predicted molar refractivity (Wildman–Crippen MR) is 175 cm³/mol. The van der Waals surface area contributed by atoms with E-state index in [-0.39, 0.29) is 17.0 Å². The molecule has 54 heavy (non-hydrogen) atoms. The van der Waals surface area contributed by atoms with Gasteiger partial charge in [-0.2, -0.15) is 0 Å². The molecule has 0 spiro atoms. The number of hydrogen-bond acceptors (Lipinski definition) is 17. The van der Waals surface area contributed by atoms with Crippen molar-refractivity contribution in [2.75, 3.05) is 7.11 Å². The first kappa shape index (κ1) is 36.1. The van der Waals surface area contributed by atoms with Gasteiger partial charge >= 0.3 is 35.7 Å². The smallest absolute Gasteiger partial charge is 0.339 e. The van der Waals surface area contributed by atoms with Crippen LogP contribution in [0, 0.1) is 12.7 Å². The highest BCUT2D eigenvalue weighted by atomic mass is 19.1. The third-order valence-corrected chi connectivity index (χ3v) is 7.40. The fraction of sp³-hybridized carbons (Fsp3) is 0.455. The molecule has 1 aromatic carbocycles. The third-order valence-electron chi connectivity index (χ3n) is 7.40. The van der Waals surface area contributed by atoms with Crippen molar-refractivity contribution in [2.24, 2.45) is 6.98 Å². The van der Waals surface area contributed by atoms with Gasteiger partial charge in [0.2, 0.25) is 24.0 Å². The standard InChI is InChI=1S/C33H37FN6O14/c1-14-38-39-28(49-14)27(45)37-33(5,6)32-36-20(26(44)35-13-18-9-11-19(34)12-10-18)21(29(46)40(32)7)53-31-25(52-17(4)43)23(51-16(3)42)22(50-15(2)41)24(54-31)30(47)48-8/h9-12,22-25,31H,13H2,1-8H3,(H,35,44)(H,37,45)/t22-,23-,24-,25+,31+/m0/s1/i7D3. The summed E-state index contributed by atoms with van der Waals surface area (Å²) in [6, 6.07) is 4.88. The zero-order valence-electron chi connectivity index (χ0n) is 32.8. The van der Waals surface area contributed by atoms with Crippen LogP contribution in [0.2, 0.25) is 0 Å². The molecule has 1 aliphatic rings. The van der Waals surface area contributed by atoms with Crippen molar-refractivity contribution in [3.05, 3.63) is 69.3 Å². The topological polar surface area (TPSA) is 256 Å². The number of carbonyl (C=O) groups excluding carboxylic acids is 6. The molecule has 2 amide bonds. The van der Waals surface area contributed by atoms with E-state index in [0.29, 0.717) is 5.56 Å². The molecule has 3 aromatic rings. The van der Waals surface area contributed by atoms with Gasteiger partial charge in [0.1, 0.15) is 11.6 Å². The number of nitrogens with one attached hydrogen (secondary N) is 2. The Morgan fingerprint density at radius 3 is 2.11 bits per heavy atom. The van der Waals surface area contributed by atoms with Crippen molar-refractivity contribution in [3.8, 4) is 5.75 Å². The number of methoxy groups -OCH3 is 1. The number of halogens is 1. The Morgan fingerprint density at radius 2 is 1.56 bits per heavy atom. The third kappa shape index (κ3) is 9.40. The van der Waals surface area contributed by atoms with E-state index in [1.165, 1.54) is 32.9 Å². The molecule has 0 unspecified atom stereocenters. The summed E-state index contributed by atoms with van der Waals surface area (Å²) in [6.45, 7) is 2.91. The molecule has 5 atom stereocenters. The summed E-state index contributed by atoms with van der Waals surface area (Å²) >= 11 is 0. The second-order valence-corrected chi connectivity index (χ2v) is 12.1. The molecule has 1 saturated heterocycles. The molecule has 4 rings (SSSR count). The van der Waals surface area contributed by atoms with Gasteiger partial charge in [0.25, 0.3) is 11.5 Å². The highest BCUT2D eigenvalue weighted by Crippen LogP contribution is 2.32. The van der Waals surface area contributed by atoms with E-state index < -0.39 is 113 Å². The molecule has 2 N–H and O–H groups in total. The van der Waals surface area contributed by atoms with Crippen LogP contribution in [0.1, 0.15) is 77.2 Å². The first-order valence-corrected chi connectivity index (χ1v) is 15.8. The molecule has 1 fully saturated rings. The Bertz CT molecular complexity index is 2110. The number of nitrogens with zero attached hydrogens (tertiary/aromatic N) is 4. The van der Waals surface area contributed by atoms with E-state index in [0.717, 1.165) is 40.0 Å². The minimum absolute atomic E-state index is 0.0126. The lowest BCUT2D eigenvalue weighted by Gasteiger charge is -2.43. The molecule has 3 heterocycles. The summed E-state index contributed by atoms with van der Waals surface area (Å²) in [5.74, 6) is -9.64. The van der Waals surface area contributed by atoms with Gasteiger partial charge in [-0.25, -0.2) is 14.2 Å². The number of aromatic nitrogens is 4. The van der Waals surface area contributed by atoms with Gasteiger partial charge < -0.3 is 43.5 Å². The minimum Gasteiger partial charge on any atom is -0.467 e. The van der Waals surface area contributed by atoms with Gasteiger partial charge in [0.15, 0.2) is 24.0 Å². The number of benzene rings is 1. The lowest BCUT2D eigenvalue weighted by atomic mass is 9.97. The van der Waals surface area contributed by atoms with E-state index >= 15 is 0 Å². The van der Waals surface area contributed by atoms with E-state index in [1.807, 2.05) is 0 Å². The van der Waals surface area contributed by atoms with Crippen LogP contribution >= 0.6 is 0 Å². The minimum atomic E-state index is -3.43. The lowest BCUT2D eigenvalue weighted by molar-refractivity contribution is -0.282. The Morgan fingerprint density at radius 1 is 0.944 bits per heavy atom. The molecule has 290 valence electrons. The van der Waals surface area contributed by atoms with Crippen LogP contribution in [0.5, 0.6) is 5.75 Å². The van der Waals surface area contributed by atoms with Gasteiger partial charge in [0.05, 0.1) is 12.6 Å². The molecule has 0 bridgehead atoms. The quantitative estimate of drug-likeness (QED) is 0.185. The summed E-state index contributed by atoms with van der Waals surface area (Å²) in [7, 11) is 0.923. The average Bonchev–Trinajstić information content (AvgIpc) is 3.55. The summed E-state index contributed by atoms with van der Waals surface area (Å²) < 4.78 is 75.9. The second kappa shape index (κ2) is 16.6. The van der Waals surface area contributed by atoms with Crippen molar-refractivity contribution in [2.45, 2.75) is 84.3 Å². The summed E-state index contributed by atoms with van der Waals surface area (Å²) in [5.41, 5.74) is -4.13. The van der Waals surface area contributed by atoms with Crippen LogP contribution in [-0.2, 0) is 61.9 Å². The number of amides is 2. The van der Waals surface area contributed by atoms with E-state index in [4.69, 9.17) is 37.0 Å². The Kier molecular flexibility index (Phi) is 11.1. The molecular formula is C33H37FN6O14. The molecule has 0 saturated carbocycles. The largest absolute Gasteiger partial charge is 0.467 e. The second-order valence-electron chi connectivity index (χ2n) is 12.1. The van der Waals surface area contributed by atoms with Gasteiger partial charge in [-0.05, 0) is 31.5 Å². The fourth-order valence-corrected chi connectivity index (χ4v) is 5.13. The van der Waals surface area contributed by atoms with Crippen LogP contribution in [0.25, 0.3) is 0 Å². The molecule has 20 nitrogen and oxygen atoms in total. The molecule has 0 radical (unpaired) electrons. The Balaban J connectivity index is 1.96. The molecule has 2 aromatic heterocycles. The zero-order chi connectivity index (χ0) is 42.6. The predicted octanol–water partition coefficient (Wildman–Crippen LogP) is 0.278. The summed E-state index contributed by atoms with van der Waals surface area (Å²) in [6.07, 6.45) is -10.0. The van der Waals surface area contributed by atoms with Crippen LogP contribution in [0.4, 0.5) is 4.39 Å². The van der Waals surface area contributed by atoms with Crippen molar-refractivity contribution in [1.29, 1.82) is 0 Å². The maximum Gasteiger partial charge on any atom is 0.339 e. The van der Waals surface area contributed by atoms with Crippen LogP contribution in [0.15, 0.2) is 33.5 Å². The highest BCUT2D eigenvalue weighted by Gasteiger charge is 2.56. The maximum absolute atomic E-state index is 14.5. The molecule has 21 heteroatoms. The van der Waals surface area contributed by atoms with Gasteiger partial charge in [-0.1, -0.05) is 12.1 Å². The lowest BCUT2D eigenvalue weighted by Crippen LogP contribution is -2.64. The number of rotatable bonds is 12. The van der Waals surface area contributed by atoms with E-state index in [1.54, 1.807) is 0 Å². The Hall–Kier alpha value is -6.25.